The molecule has 0 bridgehead atoms. The largest absolute Gasteiger partial charge is 0.481 e. The molecule has 0 aliphatic carbocycles. The van der Waals surface area contributed by atoms with Crippen LogP contribution >= 0.6 is 35.1 Å². The molecule has 17 nitrogen and oxygen atoms in total. The van der Waals surface area contributed by atoms with Gasteiger partial charge in [-0.05, 0) is 34.7 Å². The number of β-lactam (4-membered cyclic amide) rings is 1. The number of thioether (sulfide) groups is 2. The highest BCUT2D eigenvalue weighted by molar-refractivity contribution is 8.00. The summed E-state index contributed by atoms with van der Waals surface area (Å²) in [6.07, 6.45) is 0. The second-order valence-electron chi connectivity index (χ2n) is 8.95. The number of aromatic nitrogens is 6. The molecule has 2 saturated heterocycles. The molecule has 2 amide bonds. The zero-order valence-electron chi connectivity index (χ0n) is 21.0. The number of carbonyl (C=O) groups excluding carboxylic acids is 2. The van der Waals surface area contributed by atoms with E-state index in [4.69, 9.17) is 15.7 Å². The van der Waals surface area contributed by atoms with Gasteiger partial charge < -0.3 is 31.0 Å². The van der Waals surface area contributed by atoms with Gasteiger partial charge in [0, 0.05) is 29.6 Å². The fourth-order valence-corrected chi connectivity index (χ4v) is 7.13. The Morgan fingerprint density at radius 2 is 2.05 bits per heavy atom. The minimum absolute atomic E-state index is 0.0443. The molecule has 2 unspecified atom stereocenters. The molecule has 5 rings (SSSR count). The molecule has 0 spiro atoms. The second-order valence-corrected chi connectivity index (χ2v) is 11.8. The van der Waals surface area contributed by atoms with Crippen LogP contribution in [0.25, 0.3) is 0 Å². The fourth-order valence-electron chi connectivity index (χ4n) is 3.95. The number of carboxylic acids is 2. The summed E-state index contributed by atoms with van der Waals surface area (Å²) < 4.78 is 18.2. The molecule has 2 aliphatic rings. The Morgan fingerprint density at radius 3 is 2.71 bits per heavy atom. The lowest BCUT2D eigenvalue weighted by molar-refractivity contribution is -0.157. The molecule has 2 fully saturated rings. The minimum Gasteiger partial charge on any atom is -0.481 e. The number of fused-ring (bicyclic) bond motifs is 1. The molecule has 2 aromatic heterocycles. The van der Waals surface area contributed by atoms with E-state index in [9.17, 15) is 28.7 Å². The molecular weight excluding hydrogens is 619 g/mol. The van der Waals surface area contributed by atoms with Crippen LogP contribution in [-0.2, 0) is 25.7 Å². The third kappa shape index (κ3) is 5.97. The number of nitrogens with two attached hydrogens (primary N) is 1. The minimum atomic E-state index is -1.39. The highest BCUT2D eigenvalue weighted by Gasteiger charge is 2.57. The van der Waals surface area contributed by atoms with Gasteiger partial charge in [-0.2, -0.15) is 9.36 Å². The van der Waals surface area contributed by atoms with Crippen LogP contribution < -0.4 is 15.9 Å². The quantitative estimate of drug-likeness (QED) is 0.0885. The first-order valence-electron chi connectivity index (χ1n) is 11.7. The summed E-state index contributed by atoms with van der Waals surface area (Å²) in [7, 11) is 0. The Morgan fingerprint density at radius 1 is 1.29 bits per heavy atom. The number of carbonyl (C=O) groups is 4. The maximum Gasteiger partial charge on any atom is 0.325 e. The normalized spacial score (nSPS) is 21.8. The average Bonchev–Trinajstić information content (AvgIpc) is 3.59. The number of nitrogens with one attached hydrogen (secondary N) is 1. The van der Waals surface area contributed by atoms with Crippen molar-refractivity contribution in [1.29, 1.82) is 0 Å². The van der Waals surface area contributed by atoms with E-state index in [1.807, 2.05) is 0 Å². The molecule has 5 N–H and O–H groups in total. The number of anilines is 1. The number of oxime groups is 1. The average molecular weight is 639 g/mol. The summed E-state index contributed by atoms with van der Waals surface area (Å²) in [6.45, 7) is -0.654. The number of rotatable bonds is 11. The number of aliphatic carboxylic acids is 2. The second kappa shape index (κ2) is 11.9. The number of hydrogen-bond acceptors (Lipinski definition) is 15. The number of nitrogen functional groups attached to an aromatic ring is 1. The zero-order chi connectivity index (χ0) is 30.0. The van der Waals surface area contributed by atoms with Crippen molar-refractivity contribution in [3.63, 3.8) is 0 Å². The molecule has 3 atom stereocenters. The van der Waals surface area contributed by atoms with Gasteiger partial charge >= 0.3 is 11.9 Å². The van der Waals surface area contributed by atoms with Crippen molar-refractivity contribution in [3.8, 4) is 5.75 Å². The van der Waals surface area contributed by atoms with Crippen molar-refractivity contribution in [2.45, 2.75) is 23.1 Å². The van der Waals surface area contributed by atoms with Crippen molar-refractivity contribution >= 4 is 69.7 Å². The number of tetrazole rings is 1. The maximum atomic E-state index is 13.2. The summed E-state index contributed by atoms with van der Waals surface area (Å²) in [4.78, 5) is 60.2. The maximum absolute atomic E-state index is 13.2. The molecule has 0 saturated carbocycles. The van der Waals surface area contributed by atoms with E-state index >= 15 is 0 Å². The van der Waals surface area contributed by atoms with E-state index in [-0.39, 0.29) is 45.6 Å². The van der Waals surface area contributed by atoms with Crippen LogP contribution in [0.15, 0.2) is 34.6 Å². The van der Waals surface area contributed by atoms with Gasteiger partial charge in [0.05, 0.1) is 0 Å². The molecule has 42 heavy (non-hydrogen) atoms. The molecule has 220 valence electrons. The standard InChI is InChI=1S/C21H19FN10O7S3/c22-9-1-3-10(4-2-9)39-27-12(14-25-19(23)42-28-14)15(35)24-13-16(36)31-6-21(18(37)38,7-40-17(13)31)8-41-20-26-29-30-32(20)5-11(33)34/h1-4,13,17H,5-8H2,(H,24,35)(H,33,34)(H,37,38)(H2,23,25,28)/t13?,17-,21?/m1/s1. The fraction of sp³-hybridized carbons (Fsp3) is 0.333. The molecule has 4 heterocycles. The third-order valence-electron chi connectivity index (χ3n) is 6.07. The summed E-state index contributed by atoms with van der Waals surface area (Å²) in [5.41, 5.74) is 3.87. The first kappa shape index (κ1) is 29.1. The van der Waals surface area contributed by atoms with Crippen molar-refractivity contribution in [2.24, 2.45) is 10.6 Å². The van der Waals surface area contributed by atoms with Crippen LogP contribution in [-0.4, -0.2) is 104 Å². The number of benzene rings is 1. The Bertz CT molecular complexity index is 1570. The van der Waals surface area contributed by atoms with E-state index in [1.165, 1.54) is 28.8 Å². The molecule has 1 aromatic carbocycles. The smallest absolute Gasteiger partial charge is 0.325 e. The molecule has 0 radical (unpaired) electrons. The summed E-state index contributed by atoms with van der Waals surface area (Å²) in [5.74, 6) is -4.18. The topological polar surface area (TPSA) is 241 Å². The molecule has 21 heteroatoms. The molecule has 3 aromatic rings. The van der Waals surface area contributed by atoms with Crippen LogP contribution in [0.1, 0.15) is 5.82 Å². The number of amides is 2. The lowest BCUT2D eigenvalue weighted by Crippen LogP contribution is -2.74. The first-order chi connectivity index (χ1) is 20.1. The number of nitrogens with zero attached hydrogens (tertiary/aromatic N) is 8. The van der Waals surface area contributed by atoms with Crippen LogP contribution in [0.2, 0.25) is 0 Å². The van der Waals surface area contributed by atoms with E-state index in [0.717, 1.165) is 40.1 Å². The van der Waals surface area contributed by atoms with E-state index in [1.54, 1.807) is 0 Å². The number of hydrogen-bond donors (Lipinski definition) is 4. The van der Waals surface area contributed by atoms with Crippen LogP contribution in [0.4, 0.5) is 9.52 Å². The van der Waals surface area contributed by atoms with Gasteiger partial charge in [-0.15, -0.1) is 16.9 Å². The molecule has 2 aliphatic heterocycles. The zero-order valence-corrected chi connectivity index (χ0v) is 23.4. The highest BCUT2D eigenvalue weighted by Crippen LogP contribution is 2.44. The number of carboxylic acid groups (broad SMARTS) is 2. The van der Waals surface area contributed by atoms with E-state index in [2.05, 4.69) is 35.4 Å². The van der Waals surface area contributed by atoms with Crippen molar-refractivity contribution in [3.05, 3.63) is 35.9 Å². The molecular formula is C21H19FN10O7S3. The van der Waals surface area contributed by atoms with E-state index in [0.29, 0.717) is 0 Å². The SMILES string of the molecule is Nc1nc(C(=NOc2ccc(F)cc2)C(=O)NC2C(=O)N3CC(CSc4nnnn4CC(=O)O)(C(=O)O)CS[C@H]23)ns1. The van der Waals surface area contributed by atoms with Crippen LogP contribution in [0.3, 0.4) is 0 Å². The summed E-state index contributed by atoms with van der Waals surface area (Å²) >= 11 is 2.94. The van der Waals surface area contributed by atoms with Crippen molar-refractivity contribution < 1.29 is 38.6 Å². The van der Waals surface area contributed by atoms with Gasteiger partial charge in [-0.3, -0.25) is 19.2 Å². The Hall–Kier alpha value is -4.37. The van der Waals surface area contributed by atoms with Gasteiger partial charge in [0.15, 0.2) is 10.9 Å². The van der Waals surface area contributed by atoms with Gasteiger partial charge in [0.1, 0.15) is 29.2 Å². The van der Waals surface area contributed by atoms with E-state index < -0.39 is 52.9 Å². The predicted molar refractivity (Wildman–Crippen MR) is 144 cm³/mol. The predicted octanol–water partition coefficient (Wildman–Crippen LogP) is -0.623. The summed E-state index contributed by atoms with van der Waals surface area (Å²) in [5, 5.41) is 35.9. The Kier molecular flexibility index (Phi) is 8.22. The lowest BCUT2D eigenvalue weighted by atomic mass is 9.89. The Labute approximate surface area is 246 Å². The Balaban J connectivity index is 1.26. The van der Waals surface area contributed by atoms with Crippen LogP contribution in [0.5, 0.6) is 5.75 Å². The highest BCUT2D eigenvalue weighted by atomic mass is 32.2. The van der Waals surface area contributed by atoms with Crippen LogP contribution in [0, 0.1) is 11.2 Å². The van der Waals surface area contributed by atoms with Gasteiger partial charge in [0.2, 0.25) is 22.6 Å². The monoisotopic (exact) mass is 638 g/mol. The van der Waals surface area contributed by atoms with Gasteiger partial charge in [-0.25, -0.2) is 9.07 Å². The van der Waals surface area contributed by atoms with Gasteiger partial charge in [0.25, 0.3) is 5.91 Å². The summed E-state index contributed by atoms with van der Waals surface area (Å²) in [6, 6.07) is 3.86. The van der Waals surface area contributed by atoms with Crippen molar-refractivity contribution in [2.75, 3.05) is 23.8 Å². The third-order valence-corrected chi connectivity index (χ3v) is 9.45. The van der Waals surface area contributed by atoms with Crippen molar-refractivity contribution in [1.82, 2.24) is 39.8 Å². The number of halogens is 1. The van der Waals surface area contributed by atoms with Gasteiger partial charge in [-0.1, -0.05) is 16.9 Å². The lowest BCUT2D eigenvalue weighted by Gasteiger charge is -2.53. The first-order valence-corrected chi connectivity index (χ1v) is 14.5.